The molecular weight excluding hydrogens is 1410 g/mol. The summed E-state index contributed by atoms with van der Waals surface area (Å²) in [5, 5.41) is 40.5. The van der Waals surface area contributed by atoms with E-state index < -0.39 is 64.6 Å². The van der Waals surface area contributed by atoms with Gasteiger partial charge in [0.05, 0.1) is 51.2 Å². The van der Waals surface area contributed by atoms with Gasteiger partial charge in [0.25, 0.3) is 17.7 Å². The van der Waals surface area contributed by atoms with E-state index in [1.54, 1.807) is 51.4 Å². The van der Waals surface area contributed by atoms with E-state index in [4.69, 9.17) is 23.7 Å². The molecule has 0 unspecified atom stereocenters. The first-order valence-corrected chi connectivity index (χ1v) is 36.6. The zero-order valence-electron chi connectivity index (χ0n) is 61.9. The number of fused-ring (bicyclic) bond motifs is 3. The Hall–Kier alpha value is -12.3. The largest absolute Gasteiger partial charge is 0.503 e. The molecule has 3 atom stereocenters. The number of pyridine rings is 3. The lowest BCUT2D eigenvalue weighted by Gasteiger charge is -2.41. The van der Waals surface area contributed by atoms with Crippen molar-refractivity contribution in [2.75, 3.05) is 80.4 Å². The van der Waals surface area contributed by atoms with Gasteiger partial charge in [-0.1, -0.05) is 243 Å². The fraction of sp³-hybridized carbons (Fsp3) is 0.247. The van der Waals surface area contributed by atoms with Crippen LogP contribution >= 0.6 is 0 Å². The molecule has 3 aliphatic heterocycles. The second-order valence-corrected chi connectivity index (χ2v) is 27.1. The average molecular weight is 1500 g/mol. The molecule has 0 spiro atoms. The van der Waals surface area contributed by atoms with Gasteiger partial charge in [-0.2, -0.15) is 0 Å². The van der Waals surface area contributed by atoms with Gasteiger partial charge in [-0.15, -0.1) is 0 Å². The van der Waals surface area contributed by atoms with Crippen molar-refractivity contribution in [2.24, 2.45) is 0 Å². The molecule has 8 aromatic carbocycles. The van der Waals surface area contributed by atoms with Crippen molar-refractivity contribution < 1.29 is 63.3 Å². The number of aromatic hydroxyl groups is 1. The number of nitrogens with zero attached hydrogens (tertiary/aromatic N) is 6. The summed E-state index contributed by atoms with van der Waals surface area (Å²) >= 11 is 0. The molecule has 4 N–H and O–H groups in total. The Morgan fingerprint density at radius 3 is 0.946 bits per heavy atom. The highest BCUT2D eigenvalue weighted by atomic mass is 16.5. The van der Waals surface area contributed by atoms with Crippen LogP contribution in [0.4, 0.5) is 0 Å². The minimum atomic E-state index is -1.38. The van der Waals surface area contributed by atoms with E-state index in [2.05, 4.69) is 24.3 Å². The fourth-order valence-electron chi connectivity index (χ4n) is 15.0. The number of carbonyl (C=O) groups excluding carboxylic acids is 3. The Morgan fingerprint density at radius 2 is 0.649 bits per heavy atom. The Bertz CT molecular complexity index is 5040. The first-order chi connectivity index (χ1) is 54.2. The molecular formula is C89H88N6O16. The van der Waals surface area contributed by atoms with Crippen molar-refractivity contribution in [3.8, 4) is 17.2 Å². The van der Waals surface area contributed by atoms with Gasteiger partial charge in [-0.25, -0.2) is 4.79 Å². The highest BCUT2D eigenvalue weighted by Gasteiger charge is 2.44. The Labute approximate surface area is 642 Å². The van der Waals surface area contributed by atoms with Crippen LogP contribution in [0.2, 0.25) is 0 Å². The zero-order chi connectivity index (χ0) is 77.9. The van der Waals surface area contributed by atoms with Crippen LogP contribution in [0.5, 0.6) is 17.2 Å². The predicted octanol–water partition coefficient (Wildman–Crippen LogP) is 11.5. The summed E-state index contributed by atoms with van der Waals surface area (Å²) in [6.07, 6.45) is 4.43. The lowest BCUT2D eigenvalue weighted by molar-refractivity contribution is 0.0571. The van der Waals surface area contributed by atoms with Crippen LogP contribution in [0, 0.1) is 0 Å². The second-order valence-electron chi connectivity index (χ2n) is 27.1. The number of carboxylic acid groups (broad SMARTS) is 1. The molecule has 6 heterocycles. The van der Waals surface area contributed by atoms with Gasteiger partial charge in [0.2, 0.25) is 16.3 Å². The van der Waals surface area contributed by atoms with Gasteiger partial charge in [-0.05, 0) is 44.5 Å². The van der Waals surface area contributed by atoms with Crippen LogP contribution in [0.1, 0.15) is 133 Å². The SMILES string of the molecule is COCCN1C[C@H](C(c2ccccc2)c2ccccc2)n2cc(C(=O)O)c(=O)c(OCc3ccccc3)c2C1=O.COCCN1C[C@H](C(c2ccccc2)c2ccccc2)n2cc(CO)c(=O)c(O)c2C1=O.COCCN1C[C@H](C(c2ccccc2)c2ccccc2)n2cc(CO)c(=O)c(OCc3ccccc3)c2C1=O. The van der Waals surface area contributed by atoms with Gasteiger partial charge in [0.1, 0.15) is 18.8 Å². The molecule has 11 aromatic rings. The summed E-state index contributed by atoms with van der Waals surface area (Å²) in [4.78, 5) is 97.8. The summed E-state index contributed by atoms with van der Waals surface area (Å²) in [5.74, 6) is -4.02. The molecule has 0 saturated heterocycles. The maximum atomic E-state index is 13.9. The van der Waals surface area contributed by atoms with Gasteiger partial charge in [0.15, 0.2) is 34.3 Å². The van der Waals surface area contributed by atoms with Crippen molar-refractivity contribution in [3.63, 3.8) is 0 Å². The zero-order valence-corrected chi connectivity index (χ0v) is 61.9. The molecule has 0 saturated carbocycles. The Morgan fingerprint density at radius 1 is 0.378 bits per heavy atom. The Balaban J connectivity index is 0.000000156. The summed E-state index contributed by atoms with van der Waals surface area (Å²) in [7, 11) is 4.73. The molecule has 111 heavy (non-hydrogen) atoms. The van der Waals surface area contributed by atoms with E-state index in [1.807, 2.05) is 223 Å². The molecule has 22 heteroatoms. The quantitative estimate of drug-likeness (QED) is 0.0373. The number of carbonyl (C=O) groups is 4. The van der Waals surface area contributed by atoms with E-state index in [1.165, 1.54) is 12.4 Å². The standard InChI is InChI=1S/C32H30N2O6.C32H32N2O5.C25H26N2O5/c1-39-18-17-33-20-26(27(23-13-7-3-8-14-23)24-15-9-4-10-16-24)34-19-25(32(37)38)29(35)30(28(34)31(33)36)40-21-22-11-5-2-6-12-22;1-38-18-17-33-20-27(28(24-13-7-3-8-14-24)25-15-9-4-10-16-25)34-19-26(21-35)30(36)31(29(34)32(33)37)39-22-23-11-5-2-6-12-23;1-32-13-12-26-15-20(27-14-19(16-28)23(29)24(30)22(27)25(26)31)21(17-8-4-2-5-9-17)18-10-6-3-7-11-18/h2-16,19,26-27H,17-18,20-21H2,1H3,(H,37,38);2-16,19,27-28,35H,17-18,20-22H2,1H3;2-11,14,20-21,28,30H,12-13,15-16H2,1H3/t26-;27-;20-/m111/s1. The summed E-state index contributed by atoms with van der Waals surface area (Å²) in [6, 6.07) is 77.5. The molecule has 570 valence electrons. The topological polar surface area (TPSA) is 271 Å². The number of hydrogen-bond acceptors (Lipinski definition) is 15. The van der Waals surface area contributed by atoms with E-state index >= 15 is 0 Å². The number of benzene rings is 8. The van der Waals surface area contributed by atoms with Crippen molar-refractivity contribution in [1.82, 2.24) is 28.4 Å². The van der Waals surface area contributed by atoms with E-state index in [9.17, 15) is 54.0 Å². The minimum absolute atomic E-state index is 0.00295. The van der Waals surface area contributed by atoms with Gasteiger partial charge in [0, 0.05) is 108 Å². The first kappa shape index (κ1) is 78.3. The van der Waals surface area contributed by atoms with Gasteiger partial charge >= 0.3 is 5.97 Å². The molecule has 3 amide bonds. The summed E-state index contributed by atoms with van der Waals surface area (Å²) in [6.45, 7) is 2.17. The number of ether oxygens (including phenoxy) is 5. The lowest BCUT2D eigenvalue weighted by Crippen LogP contribution is -2.48. The monoisotopic (exact) mass is 1500 g/mol. The number of aliphatic hydroxyl groups is 2. The number of rotatable bonds is 27. The third kappa shape index (κ3) is 17.6. The summed E-state index contributed by atoms with van der Waals surface area (Å²) in [5.41, 5.74) is 5.81. The van der Waals surface area contributed by atoms with Crippen LogP contribution in [0.3, 0.4) is 0 Å². The van der Waals surface area contributed by atoms with Crippen LogP contribution in [0.25, 0.3) is 0 Å². The molecule has 0 radical (unpaired) electrons. The molecule has 14 rings (SSSR count). The van der Waals surface area contributed by atoms with Crippen LogP contribution < -0.4 is 25.8 Å². The van der Waals surface area contributed by atoms with E-state index in [0.717, 1.165) is 44.5 Å². The maximum Gasteiger partial charge on any atom is 0.341 e. The molecule has 3 aliphatic rings. The lowest BCUT2D eigenvalue weighted by atomic mass is 9.83. The number of amides is 3. The molecule has 22 nitrogen and oxygen atoms in total. The number of methoxy groups -OCH3 is 3. The predicted molar refractivity (Wildman–Crippen MR) is 419 cm³/mol. The molecule has 0 aliphatic carbocycles. The van der Waals surface area contributed by atoms with Crippen LogP contribution in [0.15, 0.2) is 276 Å². The third-order valence-electron chi connectivity index (χ3n) is 20.3. The number of hydrogen-bond donors (Lipinski definition) is 4. The molecule has 0 bridgehead atoms. The van der Waals surface area contributed by atoms with Crippen molar-refractivity contribution >= 4 is 23.7 Å². The van der Waals surface area contributed by atoms with E-state index in [-0.39, 0.29) is 95.2 Å². The van der Waals surface area contributed by atoms with Crippen molar-refractivity contribution in [3.05, 3.63) is 370 Å². The van der Waals surface area contributed by atoms with Crippen molar-refractivity contribution in [2.45, 2.75) is 62.3 Å². The smallest absolute Gasteiger partial charge is 0.341 e. The molecule has 3 aromatic heterocycles. The second kappa shape index (κ2) is 37.2. The highest BCUT2D eigenvalue weighted by molar-refractivity contribution is 5.98. The maximum absolute atomic E-state index is 13.9. The number of aromatic carboxylic acids is 1. The number of aliphatic hydroxyl groups excluding tert-OH is 2. The fourth-order valence-corrected chi connectivity index (χ4v) is 15.0. The van der Waals surface area contributed by atoms with Crippen LogP contribution in [-0.2, 0) is 40.6 Å². The minimum Gasteiger partial charge on any atom is -0.503 e. The van der Waals surface area contributed by atoms with Gasteiger partial charge < -0.3 is 72.5 Å². The third-order valence-corrected chi connectivity index (χ3v) is 20.3. The number of carboxylic acids is 1. The average Bonchev–Trinajstić information content (AvgIpc) is 0.748. The van der Waals surface area contributed by atoms with Gasteiger partial charge in [-0.3, -0.25) is 28.8 Å². The summed E-state index contributed by atoms with van der Waals surface area (Å²) < 4.78 is 33.0. The normalized spacial score (nSPS) is 15.1. The highest BCUT2D eigenvalue weighted by Crippen LogP contribution is 2.44. The molecule has 0 fully saturated rings. The first-order valence-electron chi connectivity index (χ1n) is 36.6. The van der Waals surface area contributed by atoms with Crippen LogP contribution in [-0.4, -0.2) is 153 Å². The number of aromatic nitrogens is 3. The Kier molecular flexibility index (Phi) is 26.2. The van der Waals surface area contributed by atoms with Crippen molar-refractivity contribution in [1.29, 1.82) is 0 Å². The van der Waals surface area contributed by atoms with E-state index in [0.29, 0.717) is 52.5 Å².